The van der Waals surface area contributed by atoms with Gasteiger partial charge in [0, 0.05) is 17.3 Å². The van der Waals surface area contributed by atoms with Gasteiger partial charge < -0.3 is 10.6 Å². The smallest absolute Gasteiger partial charge is 0.315 e. The Morgan fingerprint density at radius 1 is 1.29 bits per heavy atom. The SMILES string of the molecule is Cc1ccc(-n2ncc3c2CCCC3NC(=O)NC(C)C)cc1C. The Balaban J connectivity index is 1.87. The van der Waals surface area contributed by atoms with Gasteiger partial charge in [-0.05, 0) is 70.2 Å². The molecule has 2 N–H and O–H groups in total. The Bertz CT molecular complexity index is 748. The lowest BCUT2D eigenvalue weighted by Crippen LogP contribution is -2.42. The Morgan fingerprint density at radius 2 is 2.08 bits per heavy atom. The Labute approximate surface area is 143 Å². The molecule has 0 bridgehead atoms. The molecule has 1 aliphatic carbocycles. The summed E-state index contributed by atoms with van der Waals surface area (Å²) in [5, 5.41) is 10.6. The minimum Gasteiger partial charge on any atom is -0.336 e. The summed E-state index contributed by atoms with van der Waals surface area (Å²) in [5.41, 5.74) is 5.98. The van der Waals surface area contributed by atoms with Crippen molar-refractivity contribution >= 4 is 6.03 Å². The lowest BCUT2D eigenvalue weighted by atomic mass is 9.93. The fourth-order valence-corrected chi connectivity index (χ4v) is 3.25. The molecule has 1 heterocycles. The normalized spacial score (nSPS) is 16.8. The fraction of sp³-hybridized carbons (Fsp3) is 0.474. The minimum atomic E-state index is -0.109. The van der Waals surface area contributed by atoms with E-state index < -0.39 is 0 Å². The van der Waals surface area contributed by atoms with Crippen LogP contribution in [0.4, 0.5) is 4.79 Å². The second-order valence-corrected chi connectivity index (χ2v) is 6.94. The first-order chi connectivity index (χ1) is 11.5. The Kier molecular flexibility index (Phi) is 4.60. The summed E-state index contributed by atoms with van der Waals surface area (Å²) in [4.78, 5) is 12.0. The van der Waals surface area contributed by atoms with Gasteiger partial charge in [-0.25, -0.2) is 9.48 Å². The highest BCUT2D eigenvalue weighted by molar-refractivity contribution is 5.74. The number of hydrogen-bond acceptors (Lipinski definition) is 2. The molecule has 1 aliphatic rings. The number of urea groups is 1. The van der Waals surface area contributed by atoms with E-state index in [0.29, 0.717) is 0 Å². The summed E-state index contributed by atoms with van der Waals surface area (Å²) in [5.74, 6) is 0. The molecule has 0 spiro atoms. The van der Waals surface area contributed by atoms with E-state index in [9.17, 15) is 4.79 Å². The standard InChI is InChI=1S/C19H26N4O/c1-12(2)21-19(24)22-17-6-5-7-18-16(17)11-20-23(18)15-9-8-13(3)14(4)10-15/h8-12,17H,5-7H2,1-4H3,(H2,21,22,24). The van der Waals surface area contributed by atoms with Gasteiger partial charge in [0.15, 0.2) is 0 Å². The molecule has 1 unspecified atom stereocenters. The summed E-state index contributed by atoms with van der Waals surface area (Å²) >= 11 is 0. The van der Waals surface area contributed by atoms with Crippen molar-refractivity contribution in [3.8, 4) is 5.69 Å². The first-order valence-electron chi connectivity index (χ1n) is 8.67. The number of rotatable bonds is 3. The van der Waals surface area contributed by atoms with Crippen molar-refractivity contribution in [1.29, 1.82) is 0 Å². The molecule has 2 aromatic rings. The van der Waals surface area contributed by atoms with Crippen LogP contribution >= 0.6 is 0 Å². The highest BCUT2D eigenvalue weighted by Crippen LogP contribution is 2.31. The van der Waals surface area contributed by atoms with Crippen LogP contribution in [0.5, 0.6) is 0 Å². The molecule has 1 aromatic heterocycles. The van der Waals surface area contributed by atoms with Gasteiger partial charge in [-0.15, -0.1) is 0 Å². The number of fused-ring (bicyclic) bond motifs is 1. The Morgan fingerprint density at radius 3 is 2.79 bits per heavy atom. The summed E-state index contributed by atoms with van der Waals surface area (Å²) in [7, 11) is 0. The number of aromatic nitrogens is 2. The van der Waals surface area contributed by atoms with E-state index in [1.165, 1.54) is 16.8 Å². The molecule has 24 heavy (non-hydrogen) atoms. The van der Waals surface area contributed by atoms with Gasteiger partial charge in [0.1, 0.15) is 0 Å². The second-order valence-electron chi connectivity index (χ2n) is 6.94. The quantitative estimate of drug-likeness (QED) is 0.906. The maximum atomic E-state index is 12.0. The Hall–Kier alpha value is -2.30. The van der Waals surface area contributed by atoms with Crippen LogP contribution in [-0.2, 0) is 6.42 Å². The van der Waals surface area contributed by atoms with E-state index in [-0.39, 0.29) is 18.1 Å². The van der Waals surface area contributed by atoms with Crippen LogP contribution in [0.3, 0.4) is 0 Å². The van der Waals surface area contributed by atoms with Crippen LogP contribution in [-0.4, -0.2) is 21.9 Å². The molecule has 2 amide bonds. The van der Waals surface area contributed by atoms with Crippen molar-refractivity contribution in [2.45, 2.75) is 59.0 Å². The largest absolute Gasteiger partial charge is 0.336 e. The first kappa shape index (κ1) is 16.6. The minimum absolute atomic E-state index is 0.0350. The molecule has 0 fully saturated rings. The second kappa shape index (κ2) is 6.67. The molecule has 0 aliphatic heterocycles. The van der Waals surface area contributed by atoms with E-state index in [0.717, 1.165) is 30.5 Å². The number of carbonyl (C=O) groups excluding carboxylic acids is 1. The van der Waals surface area contributed by atoms with Crippen LogP contribution in [0.1, 0.15) is 55.1 Å². The molecule has 3 rings (SSSR count). The molecule has 1 aromatic carbocycles. The van der Waals surface area contributed by atoms with Crippen molar-refractivity contribution in [3.05, 3.63) is 46.8 Å². The molecule has 128 valence electrons. The van der Waals surface area contributed by atoms with E-state index in [2.05, 4.69) is 47.8 Å². The van der Waals surface area contributed by atoms with Crippen molar-refractivity contribution < 1.29 is 4.79 Å². The number of nitrogens with one attached hydrogen (secondary N) is 2. The van der Waals surface area contributed by atoms with Crippen LogP contribution in [0, 0.1) is 13.8 Å². The first-order valence-corrected chi connectivity index (χ1v) is 8.67. The number of benzene rings is 1. The molecular weight excluding hydrogens is 300 g/mol. The van der Waals surface area contributed by atoms with Gasteiger partial charge in [0.05, 0.1) is 17.9 Å². The van der Waals surface area contributed by atoms with E-state index in [1.54, 1.807) is 0 Å². The van der Waals surface area contributed by atoms with Crippen molar-refractivity contribution in [2.75, 3.05) is 0 Å². The predicted molar refractivity (Wildman–Crippen MR) is 95.5 cm³/mol. The van der Waals surface area contributed by atoms with Crippen LogP contribution in [0.2, 0.25) is 0 Å². The molecule has 0 saturated carbocycles. The van der Waals surface area contributed by atoms with E-state index in [4.69, 9.17) is 0 Å². The summed E-state index contributed by atoms with van der Waals surface area (Å²) in [6, 6.07) is 6.47. The number of hydrogen-bond donors (Lipinski definition) is 2. The van der Waals surface area contributed by atoms with Crippen molar-refractivity contribution in [3.63, 3.8) is 0 Å². The maximum absolute atomic E-state index is 12.0. The summed E-state index contributed by atoms with van der Waals surface area (Å²) < 4.78 is 2.02. The molecule has 0 saturated heterocycles. The van der Waals surface area contributed by atoms with Gasteiger partial charge in [0.2, 0.25) is 0 Å². The zero-order valence-electron chi connectivity index (χ0n) is 14.9. The van der Waals surface area contributed by atoms with Gasteiger partial charge in [-0.3, -0.25) is 0 Å². The van der Waals surface area contributed by atoms with Crippen LogP contribution < -0.4 is 10.6 Å². The number of aryl methyl sites for hydroxylation is 2. The van der Waals surface area contributed by atoms with Crippen LogP contribution in [0.25, 0.3) is 5.69 Å². The summed E-state index contributed by atoms with van der Waals surface area (Å²) in [6.07, 6.45) is 4.91. The number of carbonyl (C=O) groups is 1. The lowest BCUT2D eigenvalue weighted by molar-refractivity contribution is 0.233. The molecule has 5 heteroatoms. The van der Waals surface area contributed by atoms with Gasteiger partial charge in [-0.2, -0.15) is 5.10 Å². The van der Waals surface area contributed by atoms with Crippen LogP contribution in [0.15, 0.2) is 24.4 Å². The number of amides is 2. The zero-order valence-corrected chi connectivity index (χ0v) is 14.9. The third kappa shape index (κ3) is 3.30. The molecule has 1 atom stereocenters. The van der Waals surface area contributed by atoms with E-state index >= 15 is 0 Å². The predicted octanol–water partition coefficient (Wildman–Crippen LogP) is 3.57. The average Bonchev–Trinajstić information content (AvgIpc) is 2.94. The third-order valence-electron chi connectivity index (χ3n) is 4.64. The topological polar surface area (TPSA) is 59.0 Å². The zero-order chi connectivity index (χ0) is 17.3. The average molecular weight is 326 g/mol. The fourth-order valence-electron chi connectivity index (χ4n) is 3.25. The molecule has 0 radical (unpaired) electrons. The highest BCUT2D eigenvalue weighted by Gasteiger charge is 2.26. The maximum Gasteiger partial charge on any atom is 0.315 e. The van der Waals surface area contributed by atoms with Gasteiger partial charge >= 0.3 is 6.03 Å². The van der Waals surface area contributed by atoms with Gasteiger partial charge in [0.25, 0.3) is 0 Å². The van der Waals surface area contributed by atoms with Gasteiger partial charge in [-0.1, -0.05) is 6.07 Å². The molecule has 5 nitrogen and oxygen atoms in total. The highest BCUT2D eigenvalue weighted by atomic mass is 16.2. The van der Waals surface area contributed by atoms with E-state index in [1.807, 2.05) is 24.7 Å². The number of nitrogens with zero attached hydrogens (tertiary/aromatic N) is 2. The third-order valence-corrected chi connectivity index (χ3v) is 4.64. The van der Waals surface area contributed by atoms with Crippen molar-refractivity contribution in [1.82, 2.24) is 20.4 Å². The monoisotopic (exact) mass is 326 g/mol. The van der Waals surface area contributed by atoms with Crippen molar-refractivity contribution in [2.24, 2.45) is 0 Å². The molecular formula is C19H26N4O. The summed E-state index contributed by atoms with van der Waals surface area (Å²) in [6.45, 7) is 8.16. The lowest BCUT2D eigenvalue weighted by Gasteiger charge is -2.25.